The second-order valence-corrected chi connectivity index (χ2v) is 3.93. The van der Waals surface area contributed by atoms with Gasteiger partial charge in [0.1, 0.15) is 0 Å². The molecule has 0 aromatic rings. The second-order valence-electron chi connectivity index (χ2n) is 3.93. The molecule has 0 saturated carbocycles. The van der Waals surface area contributed by atoms with Gasteiger partial charge >= 0.3 is 5.97 Å². The Morgan fingerprint density at radius 3 is 2.27 bits per heavy atom. The number of hydrogen-bond acceptors (Lipinski definition) is 2. The van der Waals surface area contributed by atoms with E-state index in [0.717, 1.165) is 0 Å². The van der Waals surface area contributed by atoms with E-state index >= 15 is 0 Å². The molecule has 4 nitrogen and oxygen atoms in total. The van der Waals surface area contributed by atoms with Gasteiger partial charge in [0.2, 0.25) is 5.91 Å². The largest absolute Gasteiger partial charge is 0.481 e. The van der Waals surface area contributed by atoms with Gasteiger partial charge in [-0.1, -0.05) is 26.8 Å². The molecule has 0 rings (SSSR count). The summed E-state index contributed by atoms with van der Waals surface area (Å²) in [7, 11) is 0. The molecule has 1 N–H and O–H groups in total. The molecule has 0 aliphatic carbocycles. The van der Waals surface area contributed by atoms with Crippen molar-refractivity contribution in [3.8, 4) is 0 Å². The van der Waals surface area contributed by atoms with Crippen LogP contribution in [0.25, 0.3) is 0 Å². The molecule has 15 heavy (non-hydrogen) atoms. The smallest absolute Gasteiger partial charge is 0.308 e. The van der Waals surface area contributed by atoms with Crippen molar-refractivity contribution in [2.75, 3.05) is 13.1 Å². The van der Waals surface area contributed by atoms with Gasteiger partial charge in [0.05, 0.1) is 5.92 Å². The number of nitrogens with zero attached hydrogens (tertiary/aromatic N) is 1. The van der Waals surface area contributed by atoms with Crippen LogP contribution in [0.1, 0.15) is 20.8 Å². The van der Waals surface area contributed by atoms with Crippen molar-refractivity contribution in [1.82, 2.24) is 4.90 Å². The van der Waals surface area contributed by atoms with E-state index in [1.807, 2.05) is 0 Å². The Bertz CT molecular complexity index is 248. The summed E-state index contributed by atoms with van der Waals surface area (Å²) in [5.41, 5.74) is 0. The summed E-state index contributed by atoms with van der Waals surface area (Å²) in [6, 6.07) is 0. The first kappa shape index (κ1) is 13.7. The topological polar surface area (TPSA) is 57.6 Å². The Balaban J connectivity index is 4.46. The van der Waals surface area contributed by atoms with Crippen LogP contribution >= 0.6 is 0 Å². The third-order valence-corrected chi connectivity index (χ3v) is 2.07. The van der Waals surface area contributed by atoms with E-state index in [2.05, 4.69) is 6.58 Å². The van der Waals surface area contributed by atoms with E-state index in [9.17, 15) is 9.59 Å². The number of carbonyl (C=O) groups excluding carboxylic acids is 1. The average Bonchev–Trinajstić information content (AvgIpc) is 2.15. The molecule has 0 aliphatic heterocycles. The van der Waals surface area contributed by atoms with Gasteiger partial charge in [-0.15, -0.1) is 6.58 Å². The molecule has 0 spiro atoms. The third kappa shape index (κ3) is 4.63. The highest BCUT2D eigenvalue weighted by molar-refractivity contribution is 5.79. The number of amides is 1. The zero-order valence-electron chi connectivity index (χ0n) is 9.56. The molecule has 0 saturated heterocycles. The summed E-state index contributed by atoms with van der Waals surface area (Å²) in [6.07, 6.45) is 1.61. The molecule has 1 amide bonds. The Labute approximate surface area is 90.6 Å². The Kier molecular flexibility index (Phi) is 5.67. The second kappa shape index (κ2) is 6.22. The Hall–Kier alpha value is -1.32. The van der Waals surface area contributed by atoms with Gasteiger partial charge in [0.25, 0.3) is 0 Å². The first-order valence-electron chi connectivity index (χ1n) is 5.02. The number of aliphatic carboxylic acids is 1. The van der Waals surface area contributed by atoms with Crippen LogP contribution in [0.4, 0.5) is 0 Å². The highest BCUT2D eigenvalue weighted by atomic mass is 16.4. The molecule has 0 bridgehead atoms. The van der Waals surface area contributed by atoms with Crippen molar-refractivity contribution in [3.05, 3.63) is 12.7 Å². The van der Waals surface area contributed by atoms with Crippen LogP contribution < -0.4 is 0 Å². The van der Waals surface area contributed by atoms with Gasteiger partial charge in [-0.2, -0.15) is 0 Å². The molecule has 86 valence electrons. The maximum Gasteiger partial charge on any atom is 0.308 e. The van der Waals surface area contributed by atoms with Crippen molar-refractivity contribution < 1.29 is 14.7 Å². The van der Waals surface area contributed by atoms with Crippen LogP contribution in [-0.4, -0.2) is 35.0 Å². The first-order chi connectivity index (χ1) is 6.90. The van der Waals surface area contributed by atoms with E-state index in [-0.39, 0.29) is 18.4 Å². The van der Waals surface area contributed by atoms with Crippen molar-refractivity contribution in [3.63, 3.8) is 0 Å². The van der Waals surface area contributed by atoms with Crippen LogP contribution in [0.3, 0.4) is 0 Å². The number of hydrogen-bond donors (Lipinski definition) is 1. The van der Waals surface area contributed by atoms with Crippen molar-refractivity contribution in [1.29, 1.82) is 0 Å². The lowest BCUT2D eigenvalue weighted by Crippen LogP contribution is -2.39. The molecule has 0 fully saturated rings. The average molecular weight is 213 g/mol. The fraction of sp³-hybridized carbons (Fsp3) is 0.636. The molecule has 0 aromatic heterocycles. The van der Waals surface area contributed by atoms with Gasteiger partial charge < -0.3 is 10.0 Å². The normalized spacial score (nSPS) is 12.3. The minimum absolute atomic E-state index is 0.0389. The number of carboxylic acids is 1. The molecule has 1 unspecified atom stereocenters. The SMILES string of the molecule is C=CCN(CC(C)C(=O)O)C(=O)C(C)C. The molecule has 0 radical (unpaired) electrons. The highest BCUT2D eigenvalue weighted by Crippen LogP contribution is 2.06. The van der Waals surface area contributed by atoms with Crippen molar-refractivity contribution in [2.24, 2.45) is 11.8 Å². The number of carboxylic acid groups (broad SMARTS) is 1. The quantitative estimate of drug-likeness (QED) is 0.678. The standard InChI is InChI=1S/C11H19NO3/c1-5-6-12(10(13)8(2)3)7-9(4)11(14)15/h5,8-9H,1,6-7H2,2-4H3,(H,14,15). The Morgan fingerprint density at radius 1 is 1.40 bits per heavy atom. The summed E-state index contributed by atoms with van der Waals surface area (Å²) in [5.74, 6) is -1.60. The lowest BCUT2D eigenvalue weighted by molar-refractivity contribution is -0.143. The van der Waals surface area contributed by atoms with Crippen molar-refractivity contribution >= 4 is 11.9 Å². The zero-order valence-corrected chi connectivity index (χ0v) is 9.56. The molecular weight excluding hydrogens is 194 g/mol. The molecule has 0 aromatic carbocycles. The summed E-state index contributed by atoms with van der Waals surface area (Å²) in [4.78, 5) is 23.9. The van der Waals surface area contributed by atoms with Gasteiger partial charge in [-0.3, -0.25) is 9.59 Å². The predicted molar refractivity (Wildman–Crippen MR) is 58.4 cm³/mol. The summed E-state index contributed by atoms with van der Waals surface area (Å²) in [5, 5.41) is 8.76. The van der Waals surface area contributed by atoms with Gasteiger partial charge in [-0.05, 0) is 0 Å². The lowest BCUT2D eigenvalue weighted by Gasteiger charge is -2.24. The van der Waals surface area contributed by atoms with E-state index in [1.54, 1.807) is 26.8 Å². The molecule has 4 heteroatoms. The summed E-state index contributed by atoms with van der Waals surface area (Å²) < 4.78 is 0. The van der Waals surface area contributed by atoms with E-state index in [4.69, 9.17) is 5.11 Å². The van der Waals surface area contributed by atoms with E-state index < -0.39 is 11.9 Å². The Morgan fingerprint density at radius 2 is 1.93 bits per heavy atom. The predicted octanol–water partition coefficient (Wildman–Crippen LogP) is 1.38. The summed E-state index contributed by atoms with van der Waals surface area (Å²) >= 11 is 0. The number of rotatable bonds is 6. The molecule has 1 atom stereocenters. The van der Waals surface area contributed by atoms with E-state index in [1.165, 1.54) is 4.90 Å². The maximum absolute atomic E-state index is 11.7. The zero-order chi connectivity index (χ0) is 12.0. The van der Waals surface area contributed by atoms with Gasteiger partial charge in [0.15, 0.2) is 0 Å². The van der Waals surface area contributed by atoms with Crippen LogP contribution in [-0.2, 0) is 9.59 Å². The van der Waals surface area contributed by atoms with E-state index in [0.29, 0.717) is 6.54 Å². The third-order valence-electron chi connectivity index (χ3n) is 2.07. The first-order valence-corrected chi connectivity index (χ1v) is 5.02. The summed E-state index contributed by atoms with van der Waals surface area (Å²) in [6.45, 7) is 9.37. The fourth-order valence-electron chi connectivity index (χ4n) is 1.18. The van der Waals surface area contributed by atoms with Gasteiger partial charge in [-0.25, -0.2) is 0 Å². The van der Waals surface area contributed by atoms with Crippen molar-refractivity contribution in [2.45, 2.75) is 20.8 Å². The number of carbonyl (C=O) groups is 2. The molecule has 0 heterocycles. The monoisotopic (exact) mass is 213 g/mol. The van der Waals surface area contributed by atoms with Crippen LogP contribution in [0, 0.1) is 11.8 Å². The minimum Gasteiger partial charge on any atom is -0.481 e. The highest BCUT2D eigenvalue weighted by Gasteiger charge is 2.21. The minimum atomic E-state index is -0.888. The van der Waals surface area contributed by atoms with Crippen LogP contribution in [0.2, 0.25) is 0 Å². The van der Waals surface area contributed by atoms with Crippen LogP contribution in [0.5, 0.6) is 0 Å². The molecule has 0 aliphatic rings. The van der Waals surface area contributed by atoms with Crippen LogP contribution in [0.15, 0.2) is 12.7 Å². The van der Waals surface area contributed by atoms with Gasteiger partial charge in [0, 0.05) is 19.0 Å². The fourth-order valence-corrected chi connectivity index (χ4v) is 1.18. The molecular formula is C11H19NO3. The maximum atomic E-state index is 11.7. The lowest BCUT2D eigenvalue weighted by atomic mass is 10.1.